The van der Waals surface area contributed by atoms with Crippen LogP contribution < -0.4 is 5.73 Å². The first-order chi connectivity index (χ1) is 9.38. The maximum atomic E-state index is 12.8. The molecule has 0 heterocycles. The van der Waals surface area contributed by atoms with E-state index in [0.717, 1.165) is 24.0 Å². The molecule has 2 N–H and O–H groups in total. The van der Waals surface area contributed by atoms with E-state index in [9.17, 15) is 8.42 Å². The number of hydrogen-bond donors (Lipinski definition) is 1. The molecule has 0 unspecified atom stereocenters. The molecule has 1 rings (SSSR count). The van der Waals surface area contributed by atoms with Crippen molar-refractivity contribution in [2.75, 3.05) is 13.1 Å². The summed E-state index contributed by atoms with van der Waals surface area (Å²) in [4.78, 5) is 0.362. The third-order valence-corrected chi connectivity index (χ3v) is 5.73. The van der Waals surface area contributed by atoms with Crippen LogP contribution >= 0.6 is 0 Å². The number of nitrogens with two attached hydrogens (primary N) is 1. The van der Waals surface area contributed by atoms with Gasteiger partial charge in [-0.25, -0.2) is 8.42 Å². The van der Waals surface area contributed by atoms with Gasteiger partial charge >= 0.3 is 0 Å². The van der Waals surface area contributed by atoms with E-state index in [1.54, 1.807) is 16.4 Å². The smallest absolute Gasteiger partial charge is 0.243 e. The molecule has 0 fully saturated rings. The summed E-state index contributed by atoms with van der Waals surface area (Å²) in [6.07, 6.45) is 1.58. The van der Waals surface area contributed by atoms with Crippen molar-refractivity contribution in [3.05, 3.63) is 29.3 Å². The highest BCUT2D eigenvalue weighted by Crippen LogP contribution is 2.22. The molecule has 0 bridgehead atoms. The quantitative estimate of drug-likeness (QED) is 0.841. The second kappa shape index (κ2) is 7.20. The Morgan fingerprint density at radius 2 is 1.75 bits per heavy atom. The SMILES string of the molecule is CCC(CC)N(CCN)S(=O)(=O)c1ccc(C)c(C)c1. The lowest BCUT2D eigenvalue weighted by Crippen LogP contribution is -2.42. The summed E-state index contributed by atoms with van der Waals surface area (Å²) in [5.74, 6) is 0. The second-order valence-corrected chi connectivity index (χ2v) is 7.01. The van der Waals surface area contributed by atoms with Gasteiger partial charge in [0.05, 0.1) is 4.90 Å². The van der Waals surface area contributed by atoms with E-state index < -0.39 is 10.0 Å². The van der Waals surface area contributed by atoms with E-state index in [1.807, 2.05) is 33.8 Å². The van der Waals surface area contributed by atoms with E-state index >= 15 is 0 Å². The molecule has 0 aliphatic heterocycles. The highest BCUT2D eigenvalue weighted by atomic mass is 32.2. The van der Waals surface area contributed by atoms with Gasteiger partial charge < -0.3 is 5.73 Å². The van der Waals surface area contributed by atoms with Crippen molar-refractivity contribution in [3.8, 4) is 0 Å². The Bertz CT molecular complexity index is 537. The lowest BCUT2D eigenvalue weighted by molar-refractivity contribution is 0.309. The Morgan fingerprint density at radius 1 is 1.15 bits per heavy atom. The minimum absolute atomic E-state index is 0.00478. The van der Waals surface area contributed by atoms with Gasteiger partial charge in [0.2, 0.25) is 10.0 Å². The summed E-state index contributed by atoms with van der Waals surface area (Å²) in [6, 6.07) is 5.29. The predicted molar refractivity (Wildman–Crippen MR) is 83.2 cm³/mol. The van der Waals surface area contributed by atoms with Crippen LogP contribution in [0.1, 0.15) is 37.8 Å². The molecule has 20 heavy (non-hydrogen) atoms. The number of nitrogens with zero attached hydrogens (tertiary/aromatic N) is 1. The lowest BCUT2D eigenvalue weighted by atomic mass is 10.1. The molecule has 5 heteroatoms. The molecule has 0 aliphatic carbocycles. The summed E-state index contributed by atoms with van der Waals surface area (Å²) in [5.41, 5.74) is 7.68. The Kier molecular flexibility index (Phi) is 6.17. The molecule has 0 amide bonds. The fraction of sp³-hybridized carbons (Fsp3) is 0.600. The summed E-state index contributed by atoms with van der Waals surface area (Å²) >= 11 is 0. The zero-order chi connectivity index (χ0) is 15.3. The number of benzene rings is 1. The molecular weight excluding hydrogens is 272 g/mol. The Balaban J connectivity index is 3.24. The van der Waals surface area contributed by atoms with Gasteiger partial charge in [-0.05, 0) is 49.9 Å². The van der Waals surface area contributed by atoms with Gasteiger partial charge in [-0.15, -0.1) is 0 Å². The molecule has 0 saturated heterocycles. The van der Waals surface area contributed by atoms with Gasteiger partial charge in [-0.3, -0.25) is 0 Å². The van der Waals surface area contributed by atoms with Crippen LogP contribution in [0.25, 0.3) is 0 Å². The highest BCUT2D eigenvalue weighted by molar-refractivity contribution is 7.89. The largest absolute Gasteiger partial charge is 0.329 e. The molecule has 0 atom stereocenters. The van der Waals surface area contributed by atoms with Crippen molar-refractivity contribution < 1.29 is 8.42 Å². The molecule has 1 aromatic carbocycles. The molecule has 0 radical (unpaired) electrons. The zero-order valence-electron chi connectivity index (χ0n) is 12.9. The van der Waals surface area contributed by atoms with Crippen LogP contribution in [0, 0.1) is 13.8 Å². The van der Waals surface area contributed by atoms with E-state index in [-0.39, 0.29) is 6.04 Å². The molecule has 114 valence electrons. The molecule has 4 nitrogen and oxygen atoms in total. The summed E-state index contributed by atoms with van der Waals surface area (Å²) < 4.78 is 27.2. The normalized spacial score (nSPS) is 12.3. The van der Waals surface area contributed by atoms with Gasteiger partial charge in [0.1, 0.15) is 0 Å². The standard InChI is InChI=1S/C15H26N2O2S/c1-5-14(6-2)17(10-9-16)20(18,19)15-8-7-12(3)13(4)11-15/h7-8,11,14H,5-6,9-10,16H2,1-4H3. The number of hydrogen-bond acceptors (Lipinski definition) is 3. The van der Waals surface area contributed by atoms with Gasteiger partial charge in [0, 0.05) is 19.1 Å². The Hall–Kier alpha value is -0.910. The average molecular weight is 298 g/mol. The van der Waals surface area contributed by atoms with Crippen LogP contribution in [0.5, 0.6) is 0 Å². The number of sulfonamides is 1. The third kappa shape index (κ3) is 3.59. The van der Waals surface area contributed by atoms with Crippen LogP contribution in [-0.2, 0) is 10.0 Å². The summed E-state index contributed by atoms with van der Waals surface area (Å²) in [7, 11) is -3.47. The van der Waals surface area contributed by atoms with Crippen LogP contribution in [0.4, 0.5) is 0 Å². The second-order valence-electron chi connectivity index (χ2n) is 5.12. The van der Waals surface area contributed by atoms with Gasteiger partial charge in [0.25, 0.3) is 0 Å². The maximum Gasteiger partial charge on any atom is 0.243 e. The molecular formula is C15H26N2O2S. The van der Waals surface area contributed by atoms with Crippen molar-refractivity contribution in [3.63, 3.8) is 0 Å². The molecule has 0 spiro atoms. The van der Waals surface area contributed by atoms with Crippen LogP contribution in [0.15, 0.2) is 23.1 Å². The van der Waals surface area contributed by atoms with E-state index in [1.165, 1.54) is 0 Å². The van der Waals surface area contributed by atoms with E-state index in [4.69, 9.17) is 5.73 Å². The monoisotopic (exact) mass is 298 g/mol. The molecule has 1 aromatic rings. The molecule has 0 aliphatic rings. The van der Waals surface area contributed by atoms with Gasteiger partial charge in [0.15, 0.2) is 0 Å². The Labute approximate surface area is 123 Å². The van der Waals surface area contributed by atoms with Crippen molar-refractivity contribution in [2.24, 2.45) is 5.73 Å². The van der Waals surface area contributed by atoms with Crippen molar-refractivity contribution in [1.29, 1.82) is 0 Å². The first kappa shape index (κ1) is 17.1. The average Bonchev–Trinajstić information content (AvgIpc) is 2.42. The Morgan fingerprint density at radius 3 is 2.20 bits per heavy atom. The van der Waals surface area contributed by atoms with Crippen molar-refractivity contribution in [2.45, 2.75) is 51.5 Å². The molecule has 0 saturated carbocycles. The number of aryl methyl sites for hydroxylation is 2. The minimum atomic E-state index is -3.47. The first-order valence-corrected chi connectivity index (χ1v) is 8.61. The molecule has 0 aromatic heterocycles. The van der Waals surface area contributed by atoms with Gasteiger partial charge in [-0.1, -0.05) is 19.9 Å². The van der Waals surface area contributed by atoms with Crippen LogP contribution in [0.2, 0.25) is 0 Å². The summed E-state index contributed by atoms with van der Waals surface area (Å²) in [6.45, 7) is 8.62. The van der Waals surface area contributed by atoms with Crippen molar-refractivity contribution >= 4 is 10.0 Å². The topological polar surface area (TPSA) is 63.4 Å². The highest BCUT2D eigenvalue weighted by Gasteiger charge is 2.29. The lowest BCUT2D eigenvalue weighted by Gasteiger charge is -2.29. The van der Waals surface area contributed by atoms with Gasteiger partial charge in [-0.2, -0.15) is 4.31 Å². The fourth-order valence-electron chi connectivity index (χ4n) is 2.33. The van der Waals surface area contributed by atoms with Crippen molar-refractivity contribution in [1.82, 2.24) is 4.31 Å². The predicted octanol–water partition coefficient (Wildman–Crippen LogP) is 2.44. The summed E-state index contributed by atoms with van der Waals surface area (Å²) in [5, 5.41) is 0. The zero-order valence-corrected chi connectivity index (χ0v) is 13.7. The first-order valence-electron chi connectivity index (χ1n) is 7.17. The maximum absolute atomic E-state index is 12.8. The van der Waals surface area contributed by atoms with Crippen LogP contribution in [0.3, 0.4) is 0 Å². The fourth-order valence-corrected chi connectivity index (χ4v) is 4.20. The minimum Gasteiger partial charge on any atom is -0.329 e. The van der Waals surface area contributed by atoms with E-state index in [0.29, 0.717) is 18.0 Å². The number of rotatable bonds is 7. The van der Waals surface area contributed by atoms with Crippen LogP contribution in [-0.4, -0.2) is 31.9 Å². The van der Waals surface area contributed by atoms with E-state index in [2.05, 4.69) is 0 Å². The third-order valence-electron chi connectivity index (χ3n) is 3.78.